The van der Waals surface area contributed by atoms with E-state index in [0.717, 1.165) is 18.4 Å². The van der Waals surface area contributed by atoms with Gasteiger partial charge >= 0.3 is 0 Å². The molecule has 3 aliphatic heterocycles. The zero-order valence-electron chi connectivity index (χ0n) is 19.0. The van der Waals surface area contributed by atoms with E-state index in [-0.39, 0.29) is 34.4 Å². The van der Waals surface area contributed by atoms with Gasteiger partial charge in [-0.3, -0.25) is 14.4 Å². The minimum absolute atomic E-state index is 0.0364. The summed E-state index contributed by atoms with van der Waals surface area (Å²) >= 11 is 5.37. The Balaban J connectivity index is 1.62. The van der Waals surface area contributed by atoms with Crippen molar-refractivity contribution >= 4 is 45.4 Å². The number of halogens is 1. The first-order chi connectivity index (χ1) is 15.9. The maximum absolute atomic E-state index is 13.7. The lowest BCUT2D eigenvalue weighted by atomic mass is 9.70. The van der Waals surface area contributed by atoms with Crippen LogP contribution in [-0.2, 0) is 20.9 Å². The van der Waals surface area contributed by atoms with Crippen molar-refractivity contribution in [1.29, 1.82) is 0 Å². The molecule has 3 heterocycles. The second kappa shape index (κ2) is 9.96. The van der Waals surface area contributed by atoms with Crippen LogP contribution in [0.25, 0.3) is 0 Å². The standard InChI is InChI=1S/C24H32BrN3O4S/c1-3-4-10-26-22(31)20-24-11-16(25)19(33-24)17(18(24)23(32)28(20)14(2)13-29)21(30)27-12-15-8-6-5-7-9-15/h5-9,14,16-20,29H,3-4,10-13H2,1-2H3,(H,26,31)(H,27,30)/t14-,16?,17+,18+,19+,20?,24?/m1/s1. The van der Waals surface area contributed by atoms with Gasteiger partial charge in [-0.25, -0.2) is 0 Å². The van der Waals surface area contributed by atoms with Crippen LogP contribution in [0.2, 0.25) is 0 Å². The zero-order valence-corrected chi connectivity index (χ0v) is 21.4. The van der Waals surface area contributed by atoms with E-state index in [0.29, 0.717) is 19.5 Å². The number of carbonyl (C=O) groups is 3. The summed E-state index contributed by atoms with van der Waals surface area (Å²) in [7, 11) is 0. The first kappa shape index (κ1) is 24.5. The van der Waals surface area contributed by atoms with Gasteiger partial charge in [-0.15, -0.1) is 11.8 Å². The van der Waals surface area contributed by atoms with Gasteiger partial charge in [0.2, 0.25) is 17.7 Å². The molecule has 0 saturated carbocycles. The van der Waals surface area contributed by atoms with Gasteiger partial charge < -0.3 is 20.6 Å². The van der Waals surface area contributed by atoms with Crippen molar-refractivity contribution in [3.8, 4) is 0 Å². The highest BCUT2D eigenvalue weighted by Crippen LogP contribution is 2.67. The predicted octanol–water partition coefficient (Wildman–Crippen LogP) is 2.06. The minimum atomic E-state index is -0.698. The summed E-state index contributed by atoms with van der Waals surface area (Å²) in [4.78, 5) is 42.1. The van der Waals surface area contributed by atoms with Crippen molar-refractivity contribution in [3.63, 3.8) is 0 Å². The number of thioether (sulfide) groups is 1. The Morgan fingerprint density at radius 3 is 2.67 bits per heavy atom. The Bertz CT molecular complexity index is 903. The number of benzene rings is 1. The quantitative estimate of drug-likeness (QED) is 0.331. The van der Waals surface area contributed by atoms with Crippen LogP contribution in [0, 0.1) is 11.8 Å². The summed E-state index contributed by atoms with van der Waals surface area (Å²) in [6, 6.07) is 8.48. The third-order valence-corrected chi connectivity index (χ3v) is 10.4. The number of rotatable bonds is 9. The molecule has 33 heavy (non-hydrogen) atoms. The fourth-order valence-electron chi connectivity index (χ4n) is 5.62. The zero-order chi connectivity index (χ0) is 23.8. The second-order valence-corrected chi connectivity index (χ2v) is 12.0. The number of likely N-dealkylation sites (tertiary alicyclic amines) is 1. The van der Waals surface area contributed by atoms with Crippen molar-refractivity contribution in [2.45, 2.75) is 66.6 Å². The lowest BCUT2D eigenvalue weighted by molar-refractivity contribution is -0.142. The predicted molar refractivity (Wildman–Crippen MR) is 132 cm³/mol. The Morgan fingerprint density at radius 1 is 1.27 bits per heavy atom. The highest BCUT2D eigenvalue weighted by atomic mass is 79.9. The molecule has 7 atom stereocenters. The Labute approximate surface area is 207 Å². The monoisotopic (exact) mass is 537 g/mol. The van der Waals surface area contributed by atoms with E-state index in [2.05, 4.69) is 33.5 Å². The van der Waals surface area contributed by atoms with Gasteiger partial charge in [0.25, 0.3) is 0 Å². The van der Waals surface area contributed by atoms with Crippen molar-refractivity contribution < 1.29 is 19.5 Å². The van der Waals surface area contributed by atoms with Crippen molar-refractivity contribution in [3.05, 3.63) is 35.9 Å². The molecule has 4 rings (SSSR count). The number of unbranched alkanes of at least 4 members (excludes halogenated alkanes) is 1. The lowest BCUT2D eigenvalue weighted by Crippen LogP contribution is -2.56. The van der Waals surface area contributed by atoms with Gasteiger partial charge in [-0.1, -0.05) is 59.6 Å². The minimum Gasteiger partial charge on any atom is -0.394 e. The summed E-state index contributed by atoms with van der Waals surface area (Å²) in [6.07, 6.45) is 2.46. The van der Waals surface area contributed by atoms with Gasteiger partial charge in [-0.05, 0) is 25.3 Å². The van der Waals surface area contributed by atoms with E-state index in [9.17, 15) is 19.5 Å². The molecule has 0 radical (unpaired) electrons. The summed E-state index contributed by atoms with van der Waals surface area (Å²) in [5.41, 5.74) is 0.994. The van der Waals surface area contributed by atoms with Crippen LogP contribution in [-0.4, -0.2) is 67.8 Å². The highest BCUT2D eigenvalue weighted by Gasteiger charge is 2.75. The number of nitrogens with one attached hydrogen (secondary N) is 2. The number of fused-ring (bicyclic) bond motifs is 1. The second-order valence-electron chi connectivity index (χ2n) is 9.29. The Hall–Kier alpha value is -1.58. The average molecular weight is 539 g/mol. The molecule has 1 spiro atoms. The molecule has 2 bridgehead atoms. The Morgan fingerprint density at radius 2 is 2.00 bits per heavy atom. The number of hydrogen-bond donors (Lipinski definition) is 3. The molecule has 3 aliphatic rings. The van der Waals surface area contributed by atoms with E-state index in [1.165, 1.54) is 0 Å². The van der Waals surface area contributed by atoms with Crippen molar-refractivity contribution in [2.24, 2.45) is 11.8 Å². The van der Waals surface area contributed by atoms with Gasteiger partial charge in [0.15, 0.2) is 0 Å². The number of alkyl halides is 1. The number of aliphatic hydroxyl groups excluding tert-OH is 1. The van der Waals surface area contributed by atoms with E-state index in [1.54, 1.807) is 23.6 Å². The molecule has 7 nitrogen and oxygen atoms in total. The molecule has 1 aromatic rings. The summed E-state index contributed by atoms with van der Waals surface area (Å²) < 4.78 is -0.676. The molecule has 1 aromatic carbocycles. The molecule has 3 saturated heterocycles. The van der Waals surface area contributed by atoms with Crippen LogP contribution in [0.5, 0.6) is 0 Å². The Kier molecular flexibility index (Phi) is 7.41. The molecule has 180 valence electrons. The highest BCUT2D eigenvalue weighted by molar-refractivity contribution is 9.09. The average Bonchev–Trinajstić information content (AvgIpc) is 3.41. The molecule has 3 amide bonds. The number of amides is 3. The number of hydrogen-bond acceptors (Lipinski definition) is 5. The third kappa shape index (κ3) is 4.21. The topological polar surface area (TPSA) is 98.7 Å². The van der Waals surface area contributed by atoms with Crippen molar-refractivity contribution in [1.82, 2.24) is 15.5 Å². The van der Waals surface area contributed by atoms with E-state index in [4.69, 9.17) is 0 Å². The molecule has 0 aliphatic carbocycles. The van der Waals surface area contributed by atoms with Gasteiger partial charge in [0.1, 0.15) is 6.04 Å². The van der Waals surface area contributed by atoms with Crippen LogP contribution in [0.4, 0.5) is 0 Å². The van der Waals surface area contributed by atoms with Crippen LogP contribution in [0.15, 0.2) is 30.3 Å². The van der Waals surface area contributed by atoms with Crippen LogP contribution < -0.4 is 10.6 Å². The smallest absolute Gasteiger partial charge is 0.244 e. The van der Waals surface area contributed by atoms with E-state index in [1.807, 2.05) is 30.3 Å². The van der Waals surface area contributed by atoms with Gasteiger partial charge in [0, 0.05) is 23.2 Å². The summed E-state index contributed by atoms with van der Waals surface area (Å²) in [5.74, 6) is -1.62. The van der Waals surface area contributed by atoms with E-state index >= 15 is 0 Å². The molecule has 3 N–H and O–H groups in total. The maximum atomic E-state index is 13.7. The molecule has 0 aromatic heterocycles. The van der Waals surface area contributed by atoms with Crippen molar-refractivity contribution in [2.75, 3.05) is 13.2 Å². The third-order valence-electron chi connectivity index (χ3n) is 7.16. The fraction of sp³-hybridized carbons (Fsp3) is 0.625. The maximum Gasteiger partial charge on any atom is 0.244 e. The van der Waals surface area contributed by atoms with Crippen LogP contribution in [0.3, 0.4) is 0 Å². The number of carbonyl (C=O) groups excluding carboxylic acids is 3. The molecule has 9 heteroatoms. The summed E-state index contributed by atoms with van der Waals surface area (Å²) in [5, 5.41) is 15.8. The largest absolute Gasteiger partial charge is 0.394 e. The molecule has 3 unspecified atom stereocenters. The lowest BCUT2D eigenvalue weighted by Gasteiger charge is -2.36. The van der Waals surface area contributed by atoms with E-state index < -0.39 is 28.7 Å². The molecular formula is C24H32BrN3O4S. The molecular weight excluding hydrogens is 506 g/mol. The van der Waals surface area contributed by atoms with Gasteiger partial charge in [0.05, 0.1) is 29.2 Å². The number of nitrogens with zero attached hydrogens (tertiary/aromatic N) is 1. The fourth-order valence-corrected chi connectivity index (χ4v) is 9.22. The number of aliphatic hydroxyl groups is 1. The van der Waals surface area contributed by atoms with Crippen LogP contribution in [0.1, 0.15) is 38.7 Å². The SMILES string of the molecule is CCCCNC(=O)C1N([C@H](C)CO)C(=O)[C@@H]2[C@H](C(=O)NCc3ccccc3)[C@H]3SC12CC3Br. The van der Waals surface area contributed by atoms with Gasteiger partial charge in [-0.2, -0.15) is 0 Å². The summed E-state index contributed by atoms with van der Waals surface area (Å²) in [6.45, 7) is 4.53. The normalized spacial score (nSPS) is 33.2. The molecule has 3 fully saturated rings. The first-order valence-corrected chi connectivity index (χ1v) is 13.5. The van der Waals surface area contributed by atoms with Crippen LogP contribution >= 0.6 is 27.7 Å². The first-order valence-electron chi connectivity index (χ1n) is 11.7.